The van der Waals surface area contributed by atoms with Crippen molar-refractivity contribution in [3.05, 3.63) is 12.2 Å². The molecule has 0 radical (unpaired) electrons. The van der Waals surface area contributed by atoms with Gasteiger partial charge in [0.05, 0.1) is 5.75 Å². The highest BCUT2D eigenvalue weighted by molar-refractivity contribution is 7.85. The Morgan fingerprint density at radius 3 is 1.64 bits per heavy atom. The molecule has 0 unspecified atom stereocenters. The van der Waals surface area contributed by atoms with Crippen molar-refractivity contribution in [2.75, 3.05) is 19.3 Å². The molecule has 33 heavy (non-hydrogen) atoms. The first-order valence-electron chi connectivity index (χ1n) is 13.7. The van der Waals surface area contributed by atoms with Crippen molar-refractivity contribution in [3.8, 4) is 0 Å². The smallest absolute Gasteiger partial charge is 0.264 e. The molecule has 0 spiro atoms. The predicted molar refractivity (Wildman–Crippen MR) is 141 cm³/mol. The lowest BCUT2D eigenvalue weighted by Gasteiger charge is -2.16. The summed E-state index contributed by atoms with van der Waals surface area (Å²) in [6, 6.07) is 0. The van der Waals surface area contributed by atoms with Crippen LogP contribution in [0.2, 0.25) is 0 Å². The van der Waals surface area contributed by atoms with E-state index in [4.69, 9.17) is 4.55 Å². The van der Waals surface area contributed by atoms with Crippen LogP contribution in [0.1, 0.15) is 135 Å². The minimum Gasteiger partial charge on any atom is -0.346 e. The minimum atomic E-state index is -3.89. The number of hydrogen-bond donors (Lipinski definition) is 1. The number of amides is 1. The highest BCUT2D eigenvalue weighted by Crippen LogP contribution is 2.13. The predicted octanol–water partition coefficient (Wildman–Crippen LogP) is 7.71. The molecule has 0 saturated heterocycles. The number of carbonyl (C=O) groups excluding carboxylic acids is 1. The van der Waals surface area contributed by atoms with Crippen LogP contribution in [0.5, 0.6) is 0 Å². The Labute approximate surface area is 205 Å². The molecule has 0 aliphatic carbocycles. The summed E-state index contributed by atoms with van der Waals surface area (Å²) in [4.78, 5) is 13.7. The van der Waals surface area contributed by atoms with Crippen molar-refractivity contribution in [1.29, 1.82) is 0 Å². The molecule has 0 fully saturated rings. The molecular weight excluding hydrogens is 434 g/mol. The second-order valence-corrected chi connectivity index (χ2v) is 11.1. The number of carbonyl (C=O) groups is 1. The van der Waals surface area contributed by atoms with E-state index < -0.39 is 10.1 Å². The van der Waals surface area contributed by atoms with E-state index in [2.05, 4.69) is 19.1 Å². The maximum Gasteiger partial charge on any atom is 0.264 e. The van der Waals surface area contributed by atoms with Gasteiger partial charge in [-0.1, -0.05) is 96.1 Å². The van der Waals surface area contributed by atoms with Crippen LogP contribution in [-0.2, 0) is 14.9 Å². The Morgan fingerprint density at radius 1 is 0.697 bits per heavy atom. The Hall–Kier alpha value is -0.880. The van der Waals surface area contributed by atoms with Crippen LogP contribution >= 0.6 is 0 Å². The van der Waals surface area contributed by atoms with Gasteiger partial charge in [0.25, 0.3) is 10.1 Å². The van der Waals surface area contributed by atoms with Gasteiger partial charge in [-0.05, 0) is 44.9 Å². The maximum absolute atomic E-state index is 12.1. The molecule has 0 aliphatic heterocycles. The summed E-state index contributed by atoms with van der Waals surface area (Å²) in [6.07, 6.45) is 28.2. The van der Waals surface area contributed by atoms with Crippen LogP contribution in [0.25, 0.3) is 0 Å². The summed E-state index contributed by atoms with van der Waals surface area (Å²) >= 11 is 0. The molecule has 196 valence electrons. The van der Waals surface area contributed by atoms with Gasteiger partial charge < -0.3 is 4.90 Å². The quantitative estimate of drug-likeness (QED) is 0.0859. The van der Waals surface area contributed by atoms with Gasteiger partial charge in [-0.3, -0.25) is 9.35 Å². The summed E-state index contributed by atoms with van der Waals surface area (Å²) < 4.78 is 30.1. The third-order valence-electron chi connectivity index (χ3n) is 6.22. The Morgan fingerprint density at radius 2 is 1.15 bits per heavy atom. The normalized spacial score (nSPS) is 12.0. The number of allylic oxidation sites excluding steroid dienone is 2. The van der Waals surface area contributed by atoms with Crippen molar-refractivity contribution in [2.45, 2.75) is 135 Å². The van der Waals surface area contributed by atoms with Gasteiger partial charge in [0.1, 0.15) is 0 Å². The summed E-state index contributed by atoms with van der Waals surface area (Å²) in [6.45, 7) is 2.81. The van der Waals surface area contributed by atoms with Crippen LogP contribution < -0.4 is 0 Å². The molecule has 1 N–H and O–H groups in total. The molecule has 0 aromatic rings. The molecule has 6 heteroatoms. The first-order valence-corrected chi connectivity index (χ1v) is 15.3. The highest BCUT2D eigenvalue weighted by Gasteiger charge is 2.09. The molecule has 0 aromatic carbocycles. The fourth-order valence-electron chi connectivity index (χ4n) is 4.00. The second kappa shape index (κ2) is 22.9. The lowest BCUT2D eigenvalue weighted by molar-refractivity contribution is -0.130. The number of rotatable bonds is 24. The van der Waals surface area contributed by atoms with Crippen LogP contribution in [0, 0.1) is 0 Å². The monoisotopic (exact) mass is 487 g/mol. The highest BCUT2D eigenvalue weighted by atomic mass is 32.2. The zero-order valence-electron chi connectivity index (χ0n) is 21.7. The maximum atomic E-state index is 12.1. The molecule has 0 saturated carbocycles. The lowest BCUT2D eigenvalue weighted by Crippen LogP contribution is -2.27. The van der Waals surface area contributed by atoms with Gasteiger partial charge in [0.15, 0.2) is 0 Å². The number of nitrogens with zero attached hydrogens (tertiary/aromatic N) is 1. The van der Waals surface area contributed by atoms with E-state index in [0.717, 1.165) is 12.8 Å². The summed E-state index contributed by atoms with van der Waals surface area (Å²) in [5.74, 6) is -0.103. The Bertz CT molecular complexity index is 575. The van der Waals surface area contributed by atoms with Crippen molar-refractivity contribution in [2.24, 2.45) is 0 Å². The zero-order valence-corrected chi connectivity index (χ0v) is 22.6. The van der Waals surface area contributed by atoms with Crippen molar-refractivity contribution >= 4 is 16.0 Å². The van der Waals surface area contributed by atoms with E-state index in [1.807, 2.05) is 0 Å². The van der Waals surface area contributed by atoms with E-state index in [1.165, 1.54) is 96.3 Å². The van der Waals surface area contributed by atoms with Gasteiger partial charge in [-0.2, -0.15) is 8.42 Å². The average molecular weight is 488 g/mol. The Balaban J connectivity index is 3.34. The van der Waals surface area contributed by atoms with Gasteiger partial charge >= 0.3 is 0 Å². The zero-order chi connectivity index (χ0) is 24.6. The van der Waals surface area contributed by atoms with Crippen LogP contribution in [-0.4, -0.2) is 43.1 Å². The third kappa shape index (κ3) is 25.6. The number of unbranched alkanes of at least 4 members (excludes halogenated alkanes) is 16. The molecule has 1 amide bonds. The number of hydrogen-bond acceptors (Lipinski definition) is 3. The van der Waals surface area contributed by atoms with Gasteiger partial charge in [0.2, 0.25) is 5.91 Å². The average Bonchev–Trinajstić information content (AvgIpc) is 2.77. The van der Waals surface area contributed by atoms with Gasteiger partial charge in [-0.25, -0.2) is 0 Å². The first kappa shape index (κ1) is 32.1. The SMILES string of the molecule is CCCCCCCC/C=C\CCCCCCCCCCCC(=O)N(C)CCCCS(=O)(=O)O. The van der Waals surface area contributed by atoms with Crippen molar-refractivity contribution in [3.63, 3.8) is 0 Å². The topological polar surface area (TPSA) is 74.7 Å². The fraction of sp³-hybridized carbons (Fsp3) is 0.889. The van der Waals surface area contributed by atoms with E-state index in [9.17, 15) is 13.2 Å². The molecule has 0 aromatic heterocycles. The lowest BCUT2D eigenvalue weighted by atomic mass is 10.1. The molecule has 0 bridgehead atoms. The van der Waals surface area contributed by atoms with Gasteiger partial charge in [0, 0.05) is 20.0 Å². The largest absolute Gasteiger partial charge is 0.346 e. The Kier molecular flexibility index (Phi) is 22.3. The molecule has 0 aliphatic rings. The van der Waals surface area contributed by atoms with E-state index in [1.54, 1.807) is 11.9 Å². The second-order valence-electron chi connectivity index (χ2n) is 9.56. The summed E-state index contributed by atoms with van der Waals surface area (Å²) in [5, 5.41) is 0. The standard InChI is InChI=1S/C27H53NO4S/c1-3-4-5-6-7-8-9-10-11-12-13-14-15-16-17-18-19-20-21-24-27(29)28(2)25-22-23-26-33(30,31)32/h10-11H,3-9,12-26H2,1-2H3,(H,30,31,32)/b11-10-. The van der Waals surface area contributed by atoms with Crippen molar-refractivity contribution in [1.82, 2.24) is 4.90 Å². The molecule has 0 atom stereocenters. The first-order chi connectivity index (χ1) is 15.9. The van der Waals surface area contributed by atoms with Gasteiger partial charge in [-0.15, -0.1) is 0 Å². The summed E-state index contributed by atoms with van der Waals surface area (Å²) in [7, 11) is -2.12. The third-order valence-corrected chi connectivity index (χ3v) is 7.03. The molecule has 5 nitrogen and oxygen atoms in total. The van der Waals surface area contributed by atoms with Crippen molar-refractivity contribution < 1.29 is 17.8 Å². The van der Waals surface area contributed by atoms with Crippen LogP contribution in [0.3, 0.4) is 0 Å². The van der Waals surface area contributed by atoms with E-state index in [0.29, 0.717) is 25.8 Å². The molecule has 0 heterocycles. The molecule has 0 rings (SSSR count). The fourth-order valence-corrected chi connectivity index (χ4v) is 4.57. The van der Waals surface area contributed by atoms with Crippen LogP contribution in [0.15, 0.2) is 12.2 Å². The van der Waals surface area contributed by atoms with Crippen LogP contribution in [0.4, 0.5) is 0 Å². The molecular formula is C27H53NO4S. The minimum absolute atomic E-state index is 0.128. The summed E-state index contributed by atoms with van der Waals surface area (Å²) in [5.41, 5.74) is 0. The van der Waals surface area contributed by atoms with E-state index in [-0.39, 0.29) is 11.7 Å². The van der Waals surface area contributed by atoms with E-state index >= 15 is 0 Å².